The molecule has 3 aliphatic rings. The van der Waals surface area contributed by atoms with Crippen LogP contribution in [0.1, 0.15) is 52.0 Å². The van der Waals surface area contributed by atoms with E-state index in [0.29, 0.717) is 32.5 Å². The average molecular weight is 444 g/mol. The van der Waals surface area contributed by atoms with Crippen LogP contribution in [0, 0.1) is 0 Å². The second kappa shape index (κ2) is 8.73. The van der Waals surface area contributed by atoms with Crippen LogP contribution in [0.25, 0.3) is 0 Å². The first-order chi connectivity index (χ1) is 15.3. The van der Waals surface area contributed by atoms with Gasteiger partial charge in [0.2, 0.25) is 5.91 Å². The lowest BCUT2D eigenvalue weighted by molar-refractivity contribution is -0.187. The van der Waals surface area contributed by atoms with Crippen LogP contribution in [0.3, 0.4) is 0 Å². The monoisotopic (exact) mass is 443 g/mol. The Morgan fingerprint density at radius 3 is 2.44 bits per heavy atom. The number of ether oxygens (including phenoxy) is 1. The van der Waals surface area contributed by atoms with Crippen molar-refractivity contribution in [1.29, 1.82) is 0 Å². The van der Waals surface area contributed by atoms with Gasteiger partial charge < -0.3 is 19.6 Å². The summed E-state index contributed by atoms with van der Waals surface area (Å²) in [5.41, 5.74) is -0.0821. The smallest absolute Gasteiger partial charge is 0.408 e. The molecule has 0 aliphatic carbocycles. The van der Waals surface area contributed by atoms with Crippen molar-refractivity contribution in [3.8, 4) is 0 Å². The number of amides is 3. The summed E-state index contributed by atoms with van der Waals surface area (Å²) in [5.74, 6) is -0.379. The Hall–Kier alpha value is -2.61. The zero-order chi connectivity index (χ0) is 23.0. The molecular formula is C24H33N3O5. The van der Waals surface area contributed by atoms with Gasteiger partial charge in [0, 0.05) is 19.1 Å². The van der Waals surface area contributed by atoms with Crippen LogP contribution in [-0.4, -0.2) is 80.6 Å². The number of carbonyl (C=O) groups is 3. The molecule has 1 aromatic rings. The van der Waals surface area contributed by atoms with Crippen LogP contribution in [0.15, 0.2) is 30.3 Å². The van der Waals surface area contributed by atoms with Gasteiger partial charge in [0.1, 0.15) is 11.6 Å². The van der Waals surface area contributed by atoms with Gasteiger partial charge in [-0.3, -0.25) is 14.5 Å². The molecule has 3 amide bonds. The maximum absolute atomic E-state index is 13.6. The summed E-state index contributed by atoms with van der Waals surface area (Å²) in [5, 5.41) is 9.80. The lowest BCUT2D eigenvalue weighted by Gasteiger charge is -2.59. The Bertz CT molecular complexity index is 872. The number of hydrogen-bond donors (Lipinski definition) is 1. The van der Waals surface area contributed by atoms with Crippen LogP contribution in [0.4, 0.5) is 4.79 Å². The Labute approximate surface area is 189 Å². The molecule has 4 rings (SSSR count). The van der Waals surface area contributed by atoms with Crippen LogP contribution in [-0.2, 0) is 20.9 Å². The third kappa shape index (κ3) is 3.54. The molecule has 3 unspecified atom stereocenters. The van der Waals surface area contributed by atoms with Gasteiger partial charge in [-0.05, 0) is 52.0 Å². The second-order valence-electron chi connectivity index (χ2n) is 9.33. The van der Waals surface area contributed by atoms with Crippen molar-refractivity contribution in [2.75, 3.05) is 13.1 Å². The number of β-lactam (4-membered cyclic amide) rings is 1. The van der Waals surface area contributed by atoms with Gasteiger partial charge in [0.05, 0.1) is 18.8 Å². The van der Waals surface area contributed by atoms with Crippen LogP contribution < -0.4 is 0 Å². The van der Waals surface area contributed by atoms with Gasteiger partial charge in [-0.15, -0.1) is 0 Å². The summed E-state index contributed by atoms with van der Waals surface area (Å²) in [6, 6.07) is 8.34. The van der Waals surface area contributed by atoms with E-state index < -0.39 is 29.8 Å². The van der Waals surface area contributed by atoms with Crippen molar-refractivity contribution in [1.82, 2.24) is 14.7 Å². The maximum atomic E-state index is 13.6. The highest BCUT2D eigenvalue weighted by Gasteiger charge is 2.69. The fourth-order valence-electron chi connectivity index (χ4n) is 5.72. The Morgan fingerprint density at radius 1 is 1.19 bits per heavy atom. The number of likely N-dealkylation sites (tertiary alicyclic amines) is 3. The summed E-state index contributed by atoms with van der Waals surface area (Å²) in [6.45, 7) is 7.24. The minimum atomic E-state index is -1.08. The summed E-state index contributed by atoms with van der Waals surface area (Å²) in [7, 11) is 0. The molecule has 1 aromatic carbocycles. The molecular weight excluding hydrogens is 410 g/mol. The van der Waals surface area contributed by atoms with E-state index in [0.717, 1.165) is 18.4 Å². The molecule has 3 saturated heterocycles. The third-order valence-corrected chi connectivity index (χ3v) is 7.50. The van der Waals surface area contributed by atoms with E-state index >= 15 is 0 Å². The minimum absolute atomic E-state index is 0.106. The fraction of sp³-hybridized carbons (Fsp3) is 0.625. The largest absolute Gasteiger partial charge is 0.465 e. The highest BCUT2D eigenvalue weighted by molar-refractivity contribution is 6.01. The average Bonchev–Trinajstić information content (AvgIpc) is 3.45. The van der Waals surface area contributed by atoms with E-state index in [-0.39, 0.29) is 17.9 Å². The SMILES string of the molecule is CC1CCC2(C(=O)N([C@H](C(=O)N3CCCC3)[C@@H](C)OCc3ccccc3)C2C)N1C(=O)O. The van der Waals surface area contributed by atoms with E-state index in [9.17, 15) is 19.5 Å². The van der Waals surface area contributed by atoms with Gasteiger partial charge in [-0.1, -0.05) is 30.3 Å². The van der Waals surface area contributed by atoms with Crippen molar-refractivity contribution >= 4 is 17.9 Å². The number of hydrogen-bond acceptors (Lipinski definition) is 4. The lowest BCUT2D eigenvalue weighted by Crippen LogP contribution is -2.82. The molecule has 1 spiro atoms. The molecule has 3 fully saturated rings. The molecule has 1 N–H and O–H groups in total. The van der Waals surface area contributed by atoms with E-state index in [1.165, 1.54) is 4.90 Å². The highest BCUT2D eigenvalue weighted by Crippen LogP contribution is 2.48. The van der Waals surface area contributed by atoms with E-state index in [2.05, 4.69) is 0 Å². The van der Waals surface area contributed by atoms with Gasteiger partial charge in [0.15, 0.2) is 0 Å². The zero-order valence-electron chi connectivity index (χ0n) is 19.1. The fourth-order valence-corrected chi connectivity index (χ4v) is 5.72. The third-order valence-electron chi connectivity index (χ3n) is 7.50. The molecule has 0 radical (unpaired) electrons. The molecule has 32 heavy (non-hydrogen) atoms. The van der Waals surface area contributed by atoms with Gasteiger partial charge in [-0.2, -0.15) is 0 Å². The van der Waals surface area contributed by atoms with Crippen molar-refractivity contribution in [3.05, 3.63) is 35.9 Å². The predicted molar refractivity (Wildman–Crippen MR) is 118 cm³/mol. The summed E-state index contributed by atoms with van der Waals surface area (Å²) < 4.78 is 6.10. The van der Waals surface area contributed by atoms with E-state index in [4.69, 9.17) is 4.74 Å². The minimum Gasteiger partial charge on any atom is -0.465 e. The van der Waals surface area contributed by atoms with Crippen molar-refractivity contribution < 1.29 is 24.2 Å². The molecule has 3 heterocycles. The highest BCUT2D eigenvalue weighted by atomic mass is 16.5. The Morgan fingerprint density at radius 2 is 1.84 bits per heavy atom. The second-order valence-corrected chi connectivity index (χ2v) is 9.33. The maximum Gasteiger partial charge on any atom is 0.408 e. The number of benzene rings is 1. The van der Waals surface area contributed by atoms with Crippen LogP contribution in [0.2, 0.25) is 0 Å². The van der Waals surface area contributed by atoms with E-state index in [1.54, 1.807) is 4.90 Å². The first-order valence-electron chi connectivity index (χ1n) is 11.6. The number of carboxylic acid groups (broad SMARTS) is 1. The first kappa shape index (κ1) is 22.6. The Balaban J connectivity index is 1.58. The number of carbonyl (C=O) groups excluding carboxylic acids is 2. The standard InChI is InChI=1S/C24H33N3O5/c1-16-11-12-24(27(16)23(30)31)18(3)26(22(24)29)20(21(28)25-13-7-8-14-25)17(2)32-15-19-9-5-4-6-10-19/h4-6,9-10,16-18,20H,7-8,11-15H2,1-3H3,(H,30,31)/t16?,17-,18?,20+,24?/m1/s1. The zero-order valence-corrected chi connectivity index (χ0v) is 19.1. The van der Waals surface area contributed by atoms with Crippen LogP contribution >= 0.6 is 0 Å². The molecule has 0 bridgehead atoms. The lowest BCUT2D eigenvalue weighted by atomic mass is 9.75. The van der Waals surface area contributed by atoms with Crippen molar-refractivity contribution in [2.24, 2.45) is 0 Å². The normalized spacial score (nSPS) is 29.3. The topological polar surface area (TPSA) is 90.4 Å². The van der Waals surface area contributed by atoms with Crippen molar-refractivity contribution in [2.45, 2.75) is 82.8 Å². The molecule has 5 atom stereocenters. The molecule has 0 saturated carbocycles. The Kier molecular flexibility index (Phi) is 6.16. The number of nitrogens with zero attached hydrogens (tertiary/aromatic N) is 3. The van der Waals surface area contributed by atoms with Gasteiger partial charge in [-0.25, -0.2) is 4.79 Å². The van der Waals surface area contributed by atoms with Crippen molar-refractivity contribution in [3.63, 3.8) is 0 Å². The summed E-state index contributed by atoms with van der Waals surface area (Å²) >= 11 is 0. The summed E-state index contributed by atoms with van der Waals surface area (Å²) in [4.78, 5) is 43.8. The summed E-state index contributed by atoms with van der Waals surface area (Å²) in [6.07, 6.45) is 1.43. The van der Waals surface area contributed by atoms with E-state index in [1.807, 2.05) is 56.0 Å². The first-order valence-corrected chi connectivity index (χ1v) is 11.6. The van der Waals surface area contributed by atoms with Gasteiger partial charge >= 0.3 is 6.09 Å². The molecule has 0 aromatic heterocycles. The molecule has 8 nitrogen and oxygen atoms in total. The molecule has 174 valence electrons. The number of rotatable bonds is 6. The molecule has 8 heteroatoms. The molecule has 3 aliphatic heterocycles. The van der Waals surface area contributed by atoms with Gasteiger partial charge in [0.25, 0.3) is 5.91 Å². The quantitative estimate of drug-likeness (QED) is 0.683. The van der Waals surface area contributed by atoms with Crippen LogP contribution in [0.5, 0.6) is 0 Å². The predicted octanol–water partition coefficient (Wildman–Crippen LogP) is 2.71.